The quantitative estimate of drug-likeness (QED) is 0.672. The molecule has 1 aromatic heterocycles. The molecule has 0 fully saturated rings. The second kappa shape index (κ2) is 4.36. The third-order valence-corrected chi connectivity index (χ3v) is 2.20. The van der Waals surface area contributed by atoms with Crippen LogP contribution in [0.25, 0.3) is 0 Å². The second-order valence-electron chi connectivity index (χ2n) is 2.68. The summed E-state index contributed by atoms with van der Waals surface area (Å²) >= 11 is 1.74. The molecule has 66 valence electrons. The molecule has 0 radical (unpaired) electrons. The van der Waals surface area contributed by atoms with E-state index in [1.165, 1.54) is 0 Å². The summed E-state index contributed by atoms with van der Waals surface area (Å²) in [6, 6.07) is 5.80. The van der Waals surface area contributed by atoms with Gasteiger partial charge in [-0.05, 0) is 6.07 Å². The van der Waals surface area contributed by atoms with E-state index in [9.17, 15) is 0 Å². The van der Waals surface area contributed by atoms with Gasteiger partial charge in [0.2, 0.25) is 5.88 Å². The Morgan fingerprint density at radius 1 is 1.42 bits per heavy atom. The van der Waals surface area contributed by atoms with Gasteiger partial charge in [-0.15, -0.1) is 11.8 Å². The van der Waals surface area contributed by atoms with Crippen molar-refractivity contribution in [1.82, 2.24) is 4.98 Å². The SMILES string of the molecule is COc1cccc(SC(C)C)n1. The molecule has 0 aromatic carbocycles. The van der Waals surface area contributed by atoms with Crippen molar-refractivity contribution in [2.45, 2.75) is 24.1 Å². The van der Waals surface area contributed by atoms with Crippen LogP contribution in [0, 0.1) is 0 Å². The van der Waals surface area contributed by atoms with E-state index in [0.717, 1.165) is 5.03 Å². The van der Waals surface area contributed by atoms with Crippen molar-refractivity contribution >= 4 is 11.8 Å². The average Bonchev–Trinajstić information content (AvgIpc) is 2.03. The summed E-state index contributed by atoms with van der Waals surface area (Å²) < 4.78 is 5.01. The number of methoxy groups -OCH3 is 1. The summed E-state index contributed by atoms with van der Waals surface area (Å²) in [5, 5.41) is 1.58. The van der Waals surface area contributed by atoms with Gasteiger partial charge in [-0.1, -0.05) is 19.9 Å². The molecule has 0 spiro atoms. The van der Waals surface area contributed by atoms with Gasteiger partial charge in [0.25, 0.3) is 0 Å². The fourth-order valence-electron chi connectivity index (χ4n) is 0.817. The van der Waals surface area contributed by atoms with Gasteiger partial charge >= 0.3 is 0 Å². The van der Waals surface area contributed by atoms with Crippen molar-refractivity contribution in [3.05, 3.63) is 18.2 Å². The monoisotopic (exact) mass is 183 g/mol. The van der Waals surface area contributed by atoms with Gasteiger partial charge in [0.05, 0.1) is 7.11 Å². The molecule has 2 nitrogen and oxygen atoms in total. The van der Waals surface area contributed by atoms with E-state index < -0.39 is 0 Å². The van der Waals surface area contributed by atoms with Crippen LogP contribution < -0.4 is 4.74 Å². The Kier molecular flexibility index (Phi) is 3.41. The van der Waals surface area contributed by atoms with Crippen LogP contribution in [0.15, 0.2) is 23.2 Å². The lowest BCUT2D eigenvalue weighted by atomic mass is 10.5. The molecule has 0 saturated heterocycles. The highest BCUT2D eigenvalue weighted by Crippen LogP contribution is 2.22. The van der Waals surface area contributed by atoms with Gasteiger partial charge in [0.15, 0.2) is 0 Å². The lowest BCUT2D eigenvalue weighted by Crippen LogP contribution is -1.91. The third kappa shape index (κ3) is 2.74. The summed E-state index contributed by atoms with van der Waals surface area (Å²) in [5.41, 5.74) is 0. The number of pyridine rings is 1. The molecule has 0 bridgehead atoms. The maximum Gasteiger partial charge on any atom is 0.213 e. The molecule has 0 unspecified atom stereocenters. The van der Waals surface area contributed by atoms with Crippen molar-refractivity contribution in [1.29, 1.82) is 0 Å². The highest BCUT2D eigenvalue weighted by molar-refractivity contribution is 7.99. The Bertz CT molecular complexity index is 250. The van der Waals surface area contributed by atoms with Crippen LogP contribution in [0.1, 0.15) is 13.8 Å². The zero-order valence-electron chi connectivity index (χ0n) is 7.57. The smallest absolute Gasteiger partial charge is 0.213 e. The van der Waals surface area contributed by atoms with Gasteiger partial charge in [-0.2, -0.15) is 0 Å². The molecular formula is C9H13NOS. The van der Waals surface area contributed by atoms with Crippen LogP contribution in [-0.2, 0) is 0 Å². The van der Waals surface area contributed by atoms with Crippen LogP contribution >= 0.6 is 11.8 Å². The zero-order valence-corrected chi connectivity index (χ0v) is 8.39. The number of nitrogens with zero attached hydrogens (tertiary/aromatic N) is 1. The molecule has 1 aromatic rings. The molecule has 0 aliphatic rings. The second-order valence-corrected chi connectivity index (χ2v) is 4.28. The Morgan fingerprint density at radius 2 is 2.17 bits per heavy atom. The summed E-state index contributed by atoms with van der Waals surface area (Å²) in [4.78, 5) is 4.27. The number of rotatable bonds is 3. The normalized spacial score (nSPS) is 10.3. The first-order valence-corrected chi connectivity index (χ1v) is 4.78. The van der Waals surface area contributed by atoms with Crippen molar-refractivity contribution in [3.8, 4) is 5.88 Å². The molecule has 0 aliphatic heterocycles. The Morgan fingerprint density at radius 3 is 2.75 bits per heavy atom. The van der Waals surface area contributed by atoms with E-state index in [-0.39, 0.29) is 0 Å². The topological polar surface area (TPSA) is 22.1 Å². The molecule has 0 amide bonds. The van der Waals surface area contributed by atoms with Crippen molar-refractivity contribution in [3.63, 3.8) is 0 Å². The van der Waals surface area contributed by atoms with Gasteiger partial charge in [-0.25, -0.2) is 4.98 Å². The molecule has 0 aliphatic carbocycles. The highest BCUT2D eigenvalue weighted by Gasteiger charge is 2.00. The standard InChI is InChI=1S/C9H13NOS/c1-7(2)12-9-6-4-5-8(10-9)11-3/h4-7H,1-3H3. The first-order valence-electron chi connectivity index (χ1n) is 3.90. The van der Waals surface area contributed by atoms with Crippen molar-refractivity contribution in [2.24, 2.45) is 0 Å². The zero-order chi connectivity index (χ0) is 8.97. The largest absolute Gasteiger partial charge is 0.481 e. The predicted octanol–water partition coefficient (Wildman–Crippen LogP) is 2.59. The Hall–Kier alpha value is -0.700. The van der Waals surface area contributed by atoms with Crippen LogP contribution in [0.4, 0.5) is 0 Å². The van der Waals surface area contributed by atoms with Crippen LogP contribution in [-0.4, -0.2) is 17.3 Å². The van der Waals surface area contributed by atoms with E-state index in [2.05, 4.69) is 18.8 Å². The first kappa shape index (κ1) is 9.39. The fraction of sp³-hybridized carbons (Fsp3) is 0.444. The number of aromatic nitrogens is 1. The van der Waals surface area contributed by atoms with Gasteiger partial charge < -0.3 is 4.74 Å². The van der Waals surface area contributed by atoms with Crippen molar-refractivity contribution in [2.75, 3.05) is 7.11 Å². The Labute approximate surface area is 77.3 Å². The molecule has 0 saturated carbocycles. The maximum atomic E-state index is 5.01. The van der Waals surface area contributed by atoms with E-state index in [0.29, 0.717) is 11.1 Å². The summed E-state index contributed by atoms with van der Waals surface area (Å²) in [6.07, 6.45) is 0. The summed E-state index contributed by atoms with van der Waals surface area (Å²) in [7, 11) is 1.63. The van der Waals surface area contributed by atoms with Crippen LogP contribution in [0.2, 0.25) is 0 Å². The number of thioether (sulfide) groups is 1. The molecule has 1 rings (SSSR count). The molecule has 0 N–H and O–H groups in total. The summed E-state index contributed by atoms with van der Waals surface area (Å²) in [5.74, 6) is 0.681. The minimum absolute atomic E-state index is 0.560. The number of hydrogen-bond acceptors (Lipinski definition) is 3. The van der Waals surface area contributed by atoms with Gasteiger partial charge in [0.1, 0.15) is 5.03 Å². The van der Waals surface area contributed by atoms with Crippen LogP contribution in [0.3, 0.4) is 0 Å². The predicted molar refractivity (Wildman–Crippen MR) is 51.8 cm³/mol. The van der Waals surface area contributed by atoms with E-state index in [4.69, 9.17) is 4.74 Å². The average molecular weight is 183 g/mol. The lowest BCUT2D eigenvalue weighted by molar-refractivity contribution is 0.394. The molecule has 12 heavy (non-hydrogen) atoms. The fourth-order valence-corrected chi connectivity index (χ4v) is 1.60. The van der Waals surface area contributed by atoms with E-state index in [1.807, 2.05) is 18.2 Å². The number of ether oxygens (including phenoxy) is 1. The lowest BCUT2D eigenvalue weighted by Gasteiger charge is -2.04. The molecule has 3 heteroatoms. The summed E-state index contributed by atoms with van der Waals surface area (Å²) in [6.45, 7) is 4.29. The Balaban J connectivity index is 2.72. The van der Waals surface area contributed by atoms with Crippen LogP contribution in [0.5, 0.6) is 5.88 Å². The minimum Gasteiger partial charge on any atom is -0.481 e. The maximum absolute atomic E-state index is 5.01. The third-order valence-electron chi connectivity index (χ3n) is 1.26. The molecular weight excluding hydrogens is 170 g/mol. The first-order chi connectivity index (χ1) is 5.72. The van der Waals surface area contributed by atoms with Gasteiger partial charge in [0, 0.05) is 11.3 Å². The van der Waals surface area contributed by atoms with Crippen molar-refractivity contribution < 1.29 is 4.74 Å². The number of hydrogen-bond donors (Lipinski definition) is 0. The van der Waals surface area contributed by atoms with E-state index >= 15 is 0 Å². The highest BCUT2D eigenvalue weighted by atomic mass is 32.2. The minimum atomic E-state index is 0.560. The van der Waals surface area contributed by atoms with Gasteiger partial charge in [-0.3, -0.25) is 0 Å². The molecule has 1 heterocycles. The van der Waals surface area contributed by atoms with E-state index in [1.54, 1.807) is 18.9 Å². The molecule has 0 atom stereocenters.